The van der Waals surface area contributed by atoms with E-state index >= 15 is 0 Å². The summed E-state index contributed by atoms with van der Waals surface area (Å²) >= 11 is 0. The number of nitrogens with two attached hydrogens (primary N) is 1. The van der Waals surface area contributed by atoms with Gasteiger partial charge in [0, 0.05) is 6.42 Å². The quantitative estimate of drug-likeness (QED) is 0.615. The minimum absolute atomic E-state index is 0.0818. The molecular weight excluding hydrogens is 203 g/mol. The Morgan fingerprint density at radius 3 is 2.75 bits per heavy atom. The van der Waals surface area contributed by atoms with Crippen molar-refractivity contribution in [3.05, 3.63) is 35.1 Å². The van der Waals surface area contributed by atoms with Crippen molar-refractivity contribution >= 4 is 5.84 Å². The molecule has 0 fully saturated rings. The molecule has 1 rings (SSSR count). The van der Waals surface area contributed by atoms with Crippen LogP contribution in [0.3, 0.4) is 0 Å². The standard InChI is InChI=1S/C13H19FN2/c1-4-5-13(15)16-10(3)11-7-6-9(2)12(14)8-11/h6-8,10H,4-5H2,1-3H3,(H2,15,16). The number of amidine groups is 1. The van der Waals surface area contributed by atoms with Crippen molar-refractivity contribution in [1.82, 2.24) is 0 Å². The summed E-state index contributed by atoms with van der Waals surface area (Å²) in [5.41, 5.74) is 7.26. The summed E-state index contributed by atoms with van der Waals surface area (Å²) in [7, 11) is 0. The fraction of sp³-hybridized carbons (Fsp3) is 0.462. The van der Waals surface area contributed by atoms with Gasteiger partial charge in [0.15, 0.2) is 0 Å². The van der Waals surface area contributed by atoms with Gasteiger partial charge in [-0.25, -0.2) is 4.39 Å². The van der Waals surface area contributed by atoms with Gasteiger partial charge in [-0.1, -0.05) is 19.1 Å². The van der Waals surface area contributed by atoms with E-state index in [-0.39, 0.29) is 11.9 Å². The lowest BCUT2D eigenvalue weighted by Gasteiger charge is -2.09. The fourth-order valence-electron chi connectivity index (χ4n) is 1.51. The van der Waals surface area contributed by atoms with Crippen molar-refractivity contribution in [3.63, 3.8) is 0 Å². The summed E-state index contributed by atoms with van der Waals surface area (Å²) < 4.78 is 13.3. The number of hydrogen-bond donors (Lipinski definition) is 1. The third-order valence-corrected chi connectivity index (χ3v) is 2.54. The lowest BCUT2D eigenvalue weighted by molar-refractivity contribution is 0.613. The van der Waals surface area contributed by atoms with Gasteiger partial charge in [-0.3, -0.25) is 4.99 Å². The Kier molecular flexibility index (Phi) is 4.47. The number of hydrogen-bond acceptors (Lipinski definition) is 1. The van der Waals surface area contributed by atoms with Crippen LogP contribution in [0.4, 0.5) is 4.39 Å². The molecule has 0 radical (unpaired) electrons. The lowest BCUT2D eigenvalue weighted by Crippen LogP contribution is -2.12. The monoisotopic (exact) mass is 222 g/mol. The Bertz CT molecular complexity index is 386. The molecule has 0 heterocycles. The zero-order chi connectivity index (χ0) is 12.1. The van der Waals surface area contributed by atoms with E-state index in [9.17, 15) is 4.39 Å². The zero-order valence-electron chi connectivity index (χ0n) is 10.1. The Morgan fingerprint density at radius 2 is 2.19 bits per heavy atom. The van der Waals surface area contributed by atoms with Gasteiger partial charge < -0.3 is 5.73 Å². The van der Waals surface area contributed by atoms with E-state index in [0.29, 0.717) is 11.4 Å². The first-order chi connectivity index (χ1) is 7.54. The molecule has 3 heteroatoms. The summed E-state index contributed by atoms with van der Waals surface area (Å²) in [4.78, 5) is 4.34. The molecule has 1 aromatic rings. The number of rotatable bonds is 4. The first-order valence-corrected chi connectivity index (χ1v) is 5.62. The van der Waals surface area contributed by atoms with Gasteiger partial charge in [0.2, 0.25) is 0 Å². The Labute approximate surface area is 96.4 Å². The molecular formula is C13H19FN2. The van der Waals surface area contributed by atoms with Crippen molar-refractivity contribution in [2.45, 2.75) is 39.7 Å². The van der Waals surface area contributed by atoms with Crippen LogP contribution in [-0.4, -0.2) is 5.84 Å². The van der Waals surface area contributed by atoms with Crippen LogP contribution in [0, 0.1) is 12.7 Å². The topological polar surface area (TPSA) is 38.4 Å². The lowest BCUT2D eigenvalue weighted by atomic mass is 10.1. The second-order valence-corrected chi connectivity index (χ2v) is 4.06. The summed E-state index contributed by atoms with van der Waals surface area (Å²) in [5, 5.41) is 0. The van der Waals surface area contributed by atoms with Gasteiger partial charge in [0.25, 0.3) is 0 Å². The smallest absolute Gasteiger partial charge is 0.126 e. The maximum Gasteiger partial charge on any atom is 0.126 e. The third kappa shape index (κ3) is 3.33. The molecule has 0 amide bonds. The predicted octanol–water partition coefficient (Wildman–Crippen LogP) is 3.35. The van der Waals surface area contributed by atoms with Crippen LogP contribution in [0.25, 0.3) is 0 Å². The minimum Gasteiger partial charge on any atom is -0.387 e. The van der Waals surface area contributed by atoms with E-state index in [1.807, 2.05) is 13.0 Å². The number of nitrogens with zero attached hydrogens (tertiary/aromatic N) is 1. The zero-order valence-corrected chi connectivity index (χ0v) is 10.1. The van der Waals surface area contributed by atoms with E-state index in [2.05, 4.69) is 11.9 Å². The maximum absolute atomic E-state index is 13.3. The van der Waals surface area contributed by atoms with Crippen molar-refractivity contribution in [2.24, 2.45) is 10.7 Å². The summed E-state index contributed by atoms with van der Waals surface area (Å²) in [6, 6.07) is 5.11. The minimum atomic E-state index is -0.186. The Hall–Kier alpha value is -1.38. The Balaban J connectivity index is 2.84. The second kappa shape index (κ2) is 5.64. The first-order valence-electron chi connectivity index (χ1n) is 5.62. The average Bonchev–Trinajstić information content (AvgIpc) is 2.22. The molecule has 1 atom stereocenters. The molecule has 2 nitrogen and oxygen atoms in total. The highest BCUT2D eigenvalue weighted by Crippen LogP contribution is 2.19. The summed E-state index contributed by atoms with van der Waals surface area (Å²) in [6.45, 7) is 5.73. The number of aryl methyl sites for hydroxylation is 1. The van der Waals surface area contributed by atoms with Gasteiger partial charge in [-0.05, 0) is 37.5 Å². The van der Waals surface area contributed by atoms with Gasteiger partial charge in [0.1, 0.15) is 5.82 Å². The third-order valence-electron chi connectivity index (χ3n) is 2.54. The molecule has 0 aliphatic carbocycles. The molecule has 1 unspecified atom stereocenters. The molecule has 1 aromatic carbocycles. The van der Waals surface area contributed by atoms with Crippen LogP contribution in [0.5, 0.6) is 0 Å². The van der Waals surface area contributed by atoms with Crippen LogP contribution < -0.4 is 5.73 Å². The van der Waals surface area contributed by atoms with Crippen LogP contribution in [0.15, 0.2) is 23.2 Å². The van der Waals surface area contributed by atoms with Gasteiger partial charge in [-0.15, -0.1) is 0 Å². The molecule has 0 saturated carbocycles. The van der Waals surface area contributed by atoms with Crippen molar-refractivity contribution < 1.29 is 4.39 Å². The van der Waals surface area contributed by atoms with E-state index < -0.39 is 0 Å². The molecule has 0 saturated heterocycles. The van der Waals surface area contributed by atoms with Crippen molar-refractivity contribution in [3.8, 4) is 0 Å². The molecule has 2 N–H and O–H groups in total. The number of aliphatic imine (C=N–C) groups is 1. The highest BCUT2D eigenvalue weighted by Gasteiger charge is 2.06. The van der Waals surface area contributed by atoms with Crippen molar-refractivity contribution in [2.75, 3.05) is 0 Å². The highest BCUT2D eigenvalue weighted by molar-refractivity contribution is 5.80. The maximum atomic E-state index is 13.3. The molecule has 0 spiro atoms. The van der Waals surface area contributed by atoms with Crippen LogP contribution >= 0.6 is 0 Å². The molecule has 0 bridgehead atoms. The summed E-state index contributed by atoms with van der Waals surface area (Å²) in [6.07, 6.45) is 1.77. The van der Waals surface area contributed by atoms with Crippen LogP contribution in [-0.2, 0) is 0 Å². The highest BCUT2D eigenvalue weighted by atomic mass is 19.1. The number of benzene rings is 1. The van der Waals surface area contributed by atoms with E-state index in [1.54, 1.807) is 13.0 Å². The van der Waals surface area contributed by atoms with E-state index in [4.69, 9.17) is 5.73 Å². The average molecular weight is 222 g/mol. The first kappa shape index (κ1) is 12.7. The normalized spacial score (nSPS) is 13.9. The molecule has 16 heavy (non-hydrogen) atoms. The SMILES string of the molecule is CCCC(N)=NC(C)c1ccc(C)c(F)c1. The van der Waals surface area contributed by atoms with Gasteiger partial charge >= 0.3 is 0 Å². The molecule has 0 aliphatic heterocycles. The van der Waals surface area contributed by atoms with E-state index in [1.165, 1.54) is 6.07 Å². The van der Waals surface area contributed by atoms with Crippen molar-refractivity contribution in [1.29, 1.82) is 0 Å². The molecule has 0 aliphatic rings. The molecule has 0 aromatic heterocycles. The van der Waals surface area contributed by atoms with Gasteiger partial charge in [-0.2, -0.15) is 0 Å². The summed E-state index contributed by atoms with van der Waals surface area (Å²) in [5.74, 6) is 0.449. The predicted molar refractivity (Wildman–Crippen MR) is 66.1 cm³/mol. The molecule has 88 valence electrons. The second-order valence-electron chi connectivity index (χ2n) is 4.06. The van der Waals surface area contributed by atoms with Gasteiger partial charge in [0.05, 0.1) is 11.9 Å². The van der Waals surface area contributed by atoms with E-state index in [0.717, 1.165) is 18.4 Å². The van der Waals surface area contributed by atoms with Crippen LogP contribution in [0.2, 0.25) is 0 Å². The van der Waals surface area contributed by atoms with Crippen LogP contribution in [0.1, 0.15) is 43.9 Å². The fourth-order valence-corrected chi connectivity index (χ4v) is 1.51. The number of halogens is 1. The largest absolute Gasteiger partial charge is 0.387 e. The Morgan fingerprint density at radius 1 is 1.50 bits per heavy atom.